The first kappa shape index (κ1) is 26.1. The van der Waals surface area contributed by atoms with Gasteiger partial charge in [-0.15, -0.1) is 0 Å². The molecule has 0 aromatic carbocycles. The molecule has 0 amide bonds. The van der Waals surface area contributed by atoms with Crippen LogP contribution in [0.3, 0.4) is 0 Å². The van der Waals surface area contributed by atoms with Gasteiger partial charge in [0, 0.05) is 37.5 Å². The summed E-state index contributed by atoms with van der Waals surface area (Å²) in [6, 6.07) is 0. The zero-order valence-corrected chi connectivity index (χ0v) is 23.8. The van der Waals surface area contributed by atoms with E-state index in [1.807, 2.05) is 0 Å². The molecule has 1 unspecified atom stereocenters. The Morgan fingerprint density at radius 3 is 2.30 bits per heavy atom. The number of fused-ring (bicyclic) bond motifs is 7. The number of hydrogen-bond donors (Lipinski definition) is 0. The second kappa shape index (κ2) is 8.94. The van der Waals surface area contributed by atoms with Gasteiger partial charge >= 0.3 is 11.9 Å². The van der Waals surface area contributed by atoms with Crippen LogP contribution >= 0.6 is 0 Å². The van der Waals surface area contributed by atoms with Gasteiger partial charge in [-0.1, -0.05) is 27.7 Å². The highest BCUT2D eigenvalue weighted by molar-refractivity contribution is 5.66. The fourth-order valence-electron chi connectivity index (χ4n) is 10.9. The van der Waals surface area contributed by atoms with Crippen molar-refractivity contribution in [2.24, 2.45) is 52.3 Å². The van der Waals surface area contributed by atoms with Crippen molar-refractivity contribution in [2.75, 3.05) is 6.61 Å². The smallest absolute Gasteiger partial charge is 0.302 e. The summed E-state index contributed by atoms with van der Waals surface area (Å²) in [5.74, 6) is 2.66. The molecule has 208 valence electrons. The van der Waals surface area contributed by atoms with Crippen molar-refractivity contribution >= 4 is 11.9 Å². The lowest BCUT2D eigenvalue weighted by Crippen LogP contribution is -2.60. The standard InChI is InChI=1S/C31H48O6/c1-17-9-12-31(34-16-17)18(2)28-26(37-31)14-25-23-8-7-21-13-22(35-19(3)32)10-11-29(21,5)24(23)15-27(30(25,28)6)36-20(4)33/h17-18,21-28H,7-16H2,1-6H3/t17-,18+,21?,22+,23-,24+,25+,26+,27-,28+,29+,30-,31-/m1/s1. The Balaban J connectivity index is 1.30. The molecule has 2 saturated heterocycles. The molecule has 4 saturated carbocycles. The maximum Gasteiger partial charge on any atom is 0.302 e. The van der Waals surface area contributed by atoms with Gasteiger partial charge in [0.15, 0.2) is 5.79 Å². The molecule has 13 atom stereocenters. The van der Waals surface area contributed by atoms with Gasteiger partial charge in [0.05, 0.1) is 12.7 Å². The first-order chi connectivity index (χ1) is 17.5. The van der Waals surface area contributed by atoms with E-state index in [-0.39, 0.29) is 41.1 Å². The quantitative estimate of drug-likeness (QED) is 0.425. The number of ether oxygens (including phenoxy) is 4. The van der Waals surface area contributed by atoms with Crippen LogP contribution < -0.4 is 0 Å². The van der Waals surface area contributed by atoms with Crippen LogP contribution in [0.1, 0.15) is 99.3 Å². The summed E-state index contributed by atoms with van der Waals surface area (Å²) in [6.45, 7) is 13.4. The van der Waals surface area contributed by atoms with Crippen molar-refractivity contribution in [3.8, 4) is 0 Å². The zero-order chi connectivity index (χ0) is 26.3. The molecule has 0 radical (unpaired) electrons. The molecule has 0 N–H and O–H groups in total. The summed E-state index contributed by atoms with van der Waals surface area (Å²) in [5.41, 5.74) is 0.109. The lowest BCUT2D eigenvalue weighted by molar-refractivity contribution is -0.274. The number of hydrogen-bond acceptors (Lipinski definition) is 6. The fourth-order valence-corrected chi connectivity index (χ4v) is 10.9. The second-order valence-electron chi connectivity index (χ2n) is 14.3. The van der Waals surface area contributed by atoms with Crippen LogP contribution in [0.2, 0.25) is 0 Å². The van der Waals surface area contributed by atoms with E-state index >= 15 is 0 Å². The number of esters is 2. The average Bonchev–Trinajstić information content (AvgIpc) is 3.27. The number of carbonyl (C=O) groups is 2. The topological polar surface area (TPSA) is 71.1 Å². The van der Waals surface area contributed by atoms with Crippen molar-refractivity contribution in [3.05, 3.63) is 0 Å². The van der Waals surface area contributed by atoms with Gasteiger partial charge in [-0.25, -0.2) is 0 Å². The molecule has 6 aliphatic rings. The Hall–Kier alpha value is -1.14. The number of rotatable bonds is 2. The van der Waals surface area contributed by atoms with Gasteiger partial charge in [0.25, 0.3) is 0 Å². The molecule has 1 spiro atoms. The van der Waals surface area contributed by atoms with E-state index in [2.05, 4.69) is 27.7 Å². The molecule has 6 nitrogen and oxygen atoms in total. The normalized spacial score (nSPS) is 54.5. The molecule has 0 aromatic heterocycles. The molecular formula is C31H48O6. The SMILES string of the molecule is CC(=O)O[C@H]1CC[C@@]2(C)C(CC[C@H]3[C@@H]4C[C@@H]5O[C@]6(CC[C@@H](C)CO6)[C@@H](C)[C@@H]5[C@@]4(C)[C@H](OC(C)=O)C[C@@H]32)C1. The first-order valence-electron chi connectivity index (χ1n) is 15.1. The third kappa shape index (κ3) is 3.85. The predicted molar refractivity (Wildman–Crippen MR) is 138 cm³/mol. The highest BCUT2D eigenvalue weighted by Gasteiger charge is 2.72. The molecule has 6 rings (SSSR count). The van der Waals surface area contributed by atoms with Crippen molar-refractivity contribution in [3.63, 3.8) is 0 Å². The van der Waals surface area contributed by atoms with E-state index in [9.17, 15) is 9.59 Å². The minimum atomic E-state index is -0.466. The number of carbonyl (C=O) groups excluding carboxylic acids is 2. The van der Waals surface area contributed by atoms with Crippen LogP contribution in [0, 0.1) is 52.3 Å². The maximum atomic E-state index is 12.5. The van der Waals surface area contributed by atoms with Crippen LogP contribution in [0.15, 0.2) is 0 Å². The molecule has 37 heavy (non-hydrogen) atoms. The summed E-state index contributed by atoms with van der Waals surface area (Å²) in [5, 5.41) is 0. The Morgan fingerprint density at radius 1 is 0.865 bits per heavy atom. The molecule has 0 bridgehead atoms. The van der Waals surface area contributed by atoms with E-state index in [4.69, 9.17) is 18.9 Å². The fraction of sp³-hybridized carbons (Fsp3) is 0.935. The molecular weight excluding hydrogens is 468 g/mol. The molecule has 4 aliphatic carbocycles. The predicted octanol–water partition coefficient (Wildman–Crippen LogP) is 5.91. The lowest BCUT2D eigenvalue weighted by Gasteiger charge is -2.62. The van der Waals surface area contributed by atoms with E-state index in [1.54, 1.807) is 6.92 Å². The third-order valence-corrected chi connectivity index (χ3v) is 12.6. The molecule has 2 heterocycles. The summed E-state index contributed by atoms with van der Waals surface area (Å²) >= 11 is 0. The van der Waals surface area contributed by atoms with E-state index < -0.39 is 5.79 Å². The highest BCUT2D eigenvalue weighted by atomic mass is 16.7. The summed E-state index contributed by atoms with van der Waals surface area (Å²) in [6.07, 6.45) is 9.70. The Bertz CT molecular complexity index is 925. The van der Waals surface area contributed by atoms with Crippen molar-refractivity contribution < 1.29 is 28.5 Å². The first-order valence-corrected chi connectivity index (χ1v) is 15.1. The van der Waals surface area contributed by atoms with E-state index in [1.165, 1.54) is 19.8 Å². The Labute approximate surface area is 222 Å². The summed E-state index contributed by atoms with van der Waals surface area (Å²) < 4.78 is 25.4. The van der Waals surface area contributed by atoms with Crippen molar-refractivity contribution in [2.45, 2.75) is 123 Å². The molecule has 0 aromatic rings. The average molecular weight is 517 g/mol. The van der Waals surface area contributed by atoms with Crippen LogP contribution in [-0.2, 0) is 28.5 Å². The summed E-state index contributed by atoms with van der Waals surface area (Å²) in [7, 11) is 0. The largest absolute Gasteiger partial charge is 0.463 e. The zero-order valence-electron chi connectivity index (χ0n) is 23.8. The third-order valence-electron chi connectivity index (χ3n) is 12.6. The van der Waals surface area contributed by atoms with Crippen LogP contribution in [0.4, 0.5) is 0 Å². The van der Waals surface area contributed by atoms with Gasteiger partial charge in [-0.3, -0.25) is 9.59 Å². The second-order valence-corrected chi connectivity index (χ2v) is 14.3. The van der Waals surface area contributed by atoms with Crippen LogP contribution in [0.25, 0.3) is 0 Å². The summed E-state index contributed by atoms with van der Waals surface area (Å²) in [4.78, 5) is 24.1. The monoisotopic (exact) mass is 516 g/mol. The lowest BCUT2D eigenvalue weighted by atomic mass is 9.43. The van der Waals surface area contributed by atoms with Crippen LogP contribution in [-0.4, -0.2) is 42.6 Å². The van der Waals surface area contributed by atoms with E-state index in [0.29, 0.717) is 41.4 Å². The van der Waals surface area contributed by atoms with Gasteiger partial charge in [0.2, 0.25) is 0 Å². The minimum absolute atomic E-state index is 0.0553. The molecule has 6 fully saturated rings. The van der Waals surface area contributed by atoms with E-state index in [0.717, 1.165) is 51.6 Å². The van der Waals surface area contributed by atoms with Crippen LogP contribution in [0.5, 0.6) is 0 Å². The van der Waals surface area contributed by atoms with Gasteiger partial charge in [-0.05, 0) is 86.4 Å². The van der Waals surface area contributed by atoms with Crippen molar-refractivity contribution in [1.29, 1.82) is 0 Å². The van der Waals surface area contributed by atoms with Gasteiger partial charge in [0.1, 0.15) is 12.2 Å². The van der Waals surface area contributed by atoms with Gasteiger partial charge in [-0.2, -0.15) is 0 Å². The Morgan fingerprint density at radius 2 is 1.62 bits per heavy atom. The Kier molecular flexibility index (Phi) is 6.31. The van der Waals surface area contributed by atoms with Crippen molar-refractivity contribution in [1.82, 2.24) is 0 Å². The minimum Gasteiger partial charge on any atom is -0.463 e. The molecule has 6 heteroatoms. The maximum absolute atomic E-state index is 12.5. The highest BCUT2D eigenvalue weighted by Crippen LogP contribution is 2.71. The molecule has 2 aliphatic heterocycles. The van der Waals surface area contributed by atoms with Gasteiger partial charge < -0.3 is 18.9 Å².